The molecule has 0 heterocycles. The molecule has 4 bridgehead atoms. The summed E-state index contributed by atoms with van der Waals surface area (Å²) in [6, 6.07) is 0.402. The summed E-state index contributed by atoms with van der Waals surface area (Å²) in [4.78, 5) is 13.3. The normalized spacial score (nSPS) is 51.7. The molecule has 0 aliphatic heterocycles. The number of carbonyl (C=O) groups excluding carboxylic acids is 1. The first-order valence-electron chi connectivity index (χ1n) is 9.85. The van der Waals surface area contributed by atoms with Gasteiger partial charge in [-0.3, -0.25) is 4.79 Å². The predicted octanol–water partition coefficient (Wildman–Crippen LogP) is 3.62. The number of rotatable bonds is 3. The Morgan fingerprint density at radius 1 is 1.00 bits per heavy atom. The number of carbonyl (C=O) groups is 1. The molecule has 0 spiro atoms. The Morgan fingerprint density at radius 2 is 1.61 bits per heavy atom. The van der Waals surface area contributed by atoms with E-state index in [1.165, 1.54) is 32.1 Å². The molecule has 0 saturated heterocycles. The standard InChI is InChI=1S/C20H34N2O/c1-18-7-15-8-19(2,11-18)13-20(9-15,12-18)17(23)22-16-5-3-14(10-21)4-6-16/h14-16H,3-13,21H2,1-2H3,(H,22,23)/t14?,15?,16?,18-,19+,20?. The molecule has 130 valence electrons. The Balaban J connectivity index is 1.46. The average molecular weight is 319 g/mol. The average Bonchev–Trinajstić information content (AvgIpc) is 2.44. The van der Waals surface area contributed by atoms with Gasteiger partial charge in [0.2, 0.25) is 5.91 Å². The lowest BCUT2D eigenvalue weighted by Crippen LogP contribution is -2.60. The van der Waals surface area contributed by atoms with E-state index in [2.05, 4.69) is 19.2 Å². The summed E-state index contributed by atoms with van der Waals surface area (Å²) >= 11 is 0. The maximum atomic E-state index is 13.3. The van der Waals surface area contributed by atoms with E-state index in [4.69, 9.17) is 5.73 Å². The van der Waals surface area contributed by atoms with E-state index in [9.17, 15) is 4.79 Å². The van der Waals surface area contributed by atoms with E-state index >= 15 is 0 Å². The Labute approximate surface area is 141 Å². The van der Waals surface area contributed by atoms with Crippen LogP contribution in [0.3, 0.4) is 0 Å². The van der Waals surface area contributed by atoms with Crippen molar-refractivity contribution < 1.29 is 4.79 Å². The summed E-state index contributed by atoms with van der Waals surface area (Å²) in [7, 11) is 0. The summed E-state index contributed by atoms with van der Waals surface area (Å²) in [6.07, 6.45) is 12.1. The fourth-order valence-corrected chi connectivity index (χ4v) is 7.58. The van der Waals surface area contributed by atoms with Crippen molar-refractivity contribution in [1.29, 1.82) is 0 Å². The summed E-state index contributed by atoms with van der Waals surface area (Å²) in [5, 5.41) is 3.48. The first-order valence-corrected chi connectivity index (χ1v) is 9.85. The van der Waals surface area contributed by atoms with Crippen molar-refractivity contribution in [3.05, 3.63) is 0 Å². The largest absolute Gasteiger partial charge is 0.353 e. The third kappa shape index (κ3) is 2.73. The second kappa shape index (κ2) is 5.21. The van der Waals surface area contributed by atoms with Gasteiger partial charge in [-0.1, -0.05) is 13.8 Å². The highest BCUT2D eigenvalue weighted by molar-refractivity contribution is 5.83. The second-order valence-electron chi connectivity index (χ2n) is 10.3. The maximum Gasteiger partial charge on any atom is 0.226 e. The number of nitrogens with two attached hydrogens (primary N) is 1. The molecular formula is C20H34N2O. The second-order valence-corrected chi connectivity index (χ2v) is 10.3. The summed E-state index contributed by atoms with van der Waals surface area (Å²) in [5.41, 5.74) is 6.58. The highest BCUT2D eigenvalue weighted by Crippen LogP contribution is 2.69. The van der Waals surface area contributed by atoms with E-state index < -0.39 is 0 Å². The zero-order valence-corrected chi connectivity index (χ0v) is 15.0. The van der Waals surface area contributed by atoms with E-state index in [0.29, 0.717) is 28.7 Å². The molecule has 5 saturated carbocycles. The third-order valence-electron chi connectivity index (χ3n) is 7.62. The van der Waals surface area contributed by atoms with Gasteiger partial charge in [0.05, 0.1) is 5.41 Å². The third-order valence-corrected chi connectivity index (χ3v) is 7.62. The van der Waals surface area contributed by atoms with Crippen molar-refractivity contribution in [1.82, 2.24) is 5.32 Å². The van der Waals surface area contributed by atoms with Gasteiger partial charge in [-0.25, -0.2) is 0 Å². The number of hydrogen-bond donors (Lipinski definition) is 2. The fourth-order valence-electron chi connectivity index (χ4n) is 7.58. The van der Waals surface area contributed by atoms with Crippen molar-refractivity contribution in [2.24, 2.45) is 33.8 Å². The van der Waals surface area contributed by atoms with Gasteiger partial charge in [0, 0.05) is 6.04 Å². The van der Waals surface area contributed by atoms with Crippen LogP contribution in [0.4, 0.5) is 0 Å². The minimum Gasteiger partial charge on any atom is -0.353 e. The minimum atomic E-state index is -0.0480. The van der Waals surface area contributed by atoms with Gasteiger partial charge in [0.15, 0.2) is 0 Å². The van der Waals surface area contributed by atoms with Crippen LogP contribution in [0.5, 0.6) is 0 Å². The molecule has 5 aliphatic carbocycles. The molecule has 4 atom stereocenters. The van der Waals surface area contributed by atoms with Crippen LogP contribution >= 0.6 is 0 Å². The van der Waals surface area contributed by atoms with E-state index in [1.807, 2.05) is 0 Å². The Morgan fingerprint density at radius 3 is 2.13 bits per heavy atom. The van der Waals surface area contributed by atoms with E-state index in [0.717, 1.165) is 44.6 Å². The van der Waals surface area contributed by atoms with Crippen LogP contribution in [0.15, 0.2) is 0 Å². The van der Waals surface area contributed by atoms with Gasteiger partial charge in [-0.05, 0) is 93.4 Å². The molecule has 3 N–H and O–H groups in total. The molecule has 0 aromatic heterocycles. The van der Waals surface area contributed by atoms with Crippen LogP contribution in [0.2, 0.25) is 0 Å². The van der Waals surface area contributed by atoms with Gasteiger partial charge in [0.1, 0.15) is 0 Å². The molecular weight excluding hydrogens is 284 g/mol. The lowest BCUT2D eigenvalue weighted by Gasteiger charge is -2.64. The van der Waals surface area contributed by atoms with Gasteiger partial charge < -0.3 is 11.1 Å². The summed E-state index contributed by atoms with van der Waals surface area (Å²) in [6.45, 7) is 5.71. The highest BCUT2D eigenvalue weighted by Gasteiger charge is 2.62. The number of hydrogen-bond acceptors (Lipinski definition) is 2. The number of nitrogens with one attached hydrogen (secondary N) is 1. The quantitative estimate of drug-likeness (QED) is 0.835. The summed E-state index contributed by atoms with van der Waals surface area (Å²) < 4.78 is 0. The molecule has 5 aliphatic rings. The van der Waals surface area contributed by atoms with Crippen molar-refractivity contribution in [2.45, 2.75) is 84.1 Å². The molecule has 2 unspecified atom stereocenters. The molecule has 23 heavy (non-hydrogen) atoms. The monoisotopic (exact) mass is 318 g/mol. The van der Waals surface area contributed by atoms with Crippen LogP contribution < -0.4 is 11.1 Å². The molecule has 3 heteroatoms. The highest BCUT2D eigenvalue weighted by atomic mass is 16.2. The minimum absolute atomic E-state index is 0.0480. The summed E-state index contributed by atoms with van der Waals surface area (Å²) in [5.74, 6) is 1.87. The van der Waals surface area contributed by atoms with Crippen molar-refractivity contribution >= 4 is 5.91 Å². The zero-order valence-electron chi connectivity index (χ0n) is 15.0. The van der Waals surface area contributed by atoms with Gasteiger partial charge >= 0.3 is 0 Å². The Kier molecular flexibility index (Phi) is 3.61. The molecule has 3 nitrogen and oxygen atoms in total. The van der Waals surface area contributed by atoms with Crippen LogP contribution in [-0.2, 0) is 4.79 Å². The number of amides is 1. The first kappa shape index (κ1) is 15.9. The molecule has 5 rings (SSSR count). The first-order chi connectivity index (χ1) is 10.8. The lowest BCUT2D eigenvalue weighted by molar-refractivity contribution is -0.171. The maximum absolute atomic E-state index is 13.3. The van der Waals surface area contributed by atoms with Gasteiger partial charge in [-0.2, -0.15) is 0 Å². The molecule has 0 aromatic rings. The zero-order chi connectivity index (χ0) is 16.3. The van der Waals surface area contributed by atoms with Gasteiger partial charge in [0.25, 0.3) is 0 Å². The molecule has 0 aromatic carbocycles. The van der Waals surface area contributed by atoms with Crippen molar-refractivity contribution in [3.8, 4) is 0 Å². The van der Waals surface area contributed by atoms with Crippen LogP contribution in [-0.4, -0.2) is 18.5 Å². The van der Waals surface area contributed by atoms with E-state index in [1.54, 1.807) is 0 Å². The smallest absolute Gasteiger partial charge is 0.226 e. The van der Waals surface area contributed by atoms with Crippen LogP contribution in [0, 0.1) is 28.1 Å². The topological polar surface area (TPSA) is 55.1 Å². The fraction of sp³-hybridized carbons (Fsp3) is 0.950. The van der Waals surface area contributed by atoms with Crippen molar-refractivity contribution in [3.63, 3.8) is 0 Å². The molecule has 1 amide bonds. The molecule has 0 radical (unpaired) electrons. The van der Waals surface area contributed by atoms with Crippen molar-refractivity contribution in [2.75, 3.05) is 6.54 Å². The van der Waals surface area contributed by atoms with Crippen LogP contribution in [0.25, 0.3) is 0 Å². The SMILES string of the molecule is C[C@]12CC3CC(C(=O)NC4CCC(CN)CC4)(C1)C[C@@](C)(C3)C2. The van der Waals surface area contributed by atoms with E-state index in [-0.39, 0.29) is 5.41 Å². The van der Waals surface area contributed by atoms with Crippen LogP contribution in [0.1, 0.15) is 78.1 Å². The predicted molar refractivity (Wildman–Crippen MR) is 92.8 cm³/mol. The lowest BCUT2D eigenvalue weighted by atomic mass is 9.40. The Hall–Kier alpha value is -0.570. The molecule has 5 fully saturated rings. The van der Waals surface area contributed by atoms with Gasteiger partial charge in [-0.15, -0.1) is 0 Å². The Bertz CT molecular complexity index is 476.